The molecule has 0 bridgehead atoms. The number of hydrogen-bond donors (Lipinski definition) is 1. The Morgan fingerprint density at radius 3 is 2.40 bits per heavy atom. The zero-order chi connectivity index (χ0) is 12.1. The van der Waals surface area contributed by atoms with Crippen molar-refractivity contribution in [1.29, 1.82) is 0 Å². The van der Waals surface area contributed by atoms with E-state index in [0.29, 0.717) is 5.92 Å². The maximum atomic E-state index is 12.0. The summed E-state index contributed by atoms with van der Waals surface area (Å²) in [6.45, 7) is 8.99. The maximum absolute atomic E-state index is 12.0. The molecule has 0 aliphatic rings. The van der Waals surface area contributed by atoms with Crippen LogP contribution in [0.4, 0.5) is 0 Å². The van der Waals surface area contributed by atoms with E-state index in [2.05, 4.69) is 13.8 Å². The van der Waals surface area contributed by atoms with E-state index < -0.39 is 5.54 Å². The van der Waals surface area contributed by atoms with E-state index in [-0.39, 0.29) is 5.91 Å². The van der Waals surface area contributed by atoms with Crippen LogP contribution in [0.1, 0.15) is 47.0 Å². The van der Waals surface area contributed by atoms with Gasteiger partial charge in [0.25, 0.3) is 0 Å². The van der Waals surface area contributed by atoms with Gasteiger partial charge in [-0.3, -0.25) is 4.79 Å². The summed E-state index contributed by atoms with van der Waals surface area (Å²) in [6, 6.07) is 0. The second-order valence-electron chi connectivity index (χ2n) is 5.08. The molecule has 0 aliphatic carbocycles. The van der Waals surface area contributed by atoms with Crippen molar-refractivity contribution < 1.29 is 4.79 Å². The van der Waals surface area contributed by atoms with Gasteiger partial charge in [-0.15, -0.1) is 0 Å². The van der Waals surface area contributed by atoms with Crippen LogP contribution in [0, 0.1) is 5.92 Å². The van der Waals surface area contributed by atoms with Crippen LogP contribution < -0.4 is 5.73 Å². The fraction of sp³-hybridized carbons (Fsp3) is 0.917. The van der Waals surface area contributed by atoms with Crippen LogP contribution in [0.2, 0.25) is 0 Å². The standard InChI is InChI=1S/C12H26N2O/c1-6-8-12(4,13)11(15)14(5)9-7-10(2)3/h10H,6-9,13H2,1-5H3. The zero-order valence-corrected chi connectivity index (χ0v) is 10.8. The maximum Gasteiger partial charge on any atom is 0.242 e. The summed E-state index contributed by atoms with van der Waals surface area (Å²) in [7, 11) is 1.84. The van der Waals surface area contributed by atoms with Gasteiger partial charge in [-0.05, 0) is 25.7 Å². The molecule has 0 aromatic heterocycles. The quantitative estimate of drug-likeness (QED) is 0.735. The minimum Gasteiger partial charge on any atom is -0.344 e. The van der Waals surface area contributed by atoms with Gasteiger partial charge in [-0.1, -0.05) is 27.2 Å². The topological polar surface area (TPSA) is 46.3 Å². The van der Waals surface area contributed by atoms with Crippen molar-refractivity contribution in [2.75, 3.05) is 13.6 Å². The molecule has 0 saturated heterocycles. The third-order valence-corrected chi connectivity index (χ3v) is 2.65. The summed E-state index contributed by atoms with van der Waals surface area (Å²) in [6.07, 6.45) is 2.72. The number of hydrogen-bond acceptors (Lipinski definition) is 2. The van der Waals surface area contributed by atoms with Gasteiger partial charge in [0, 0.05) is 13.6 Å². The van der Waals surface area contributed by atoms with Crippen molar-refractivity contribution >= 4 is 5.91 Å². The second-order valence-corrected chi connectivity index (χ2v) is 5.08. The molecule has 3 nitrogen and oxygen atoms in total. The largest absolute Gasteiger partial charge is 0.344 e. The molecule has 2 N–H and O–H groups in total. The average molecular weight is 214 g/mol. The van der Waals surface area contributed by atoms with Gasteiger partial charge >= 0.3 is 0 Å². The molecule has 0 aliphatic heterocycles. The summed E-state index contributed by atoms with van der Waals surface area (Å²) >= 11 is 0. The highest BCUT2D eigenvalue weighted by Gasteiger charge is 2.29. The SMILES string of the molecule is CCCC(C)(N)C(=O)N(C)CCC(C)C. The van der Waals surface area contributed by atoms with Gasteiger partial charge < -0.3 is 10.6 Å². The number of rotatable bonds is 6. The zero-order valence-electron chi connectivity index (χ0n) is 10.8. The summed E-state index contributed by atoms with van der Waals surface area (Å²) in [5, 5.41) is 0. The number of nitrogens with two attached hydrogens (primary N) is 1. The molecule has 1 amide bonds. The number of nitrogens with zero attached hydrogens (tertiary/aromatic N) is 1. The highest BCUT2D eigenvalue weighted by molar-refractivity contribution is 5.85. The van der Waals surface area contributed by atoms with E-state index in [1.165, 1.54) is 0 Å². The molecule has 0 heterocycles. The predicted octanol–water partition coefficient (Wildman–Crippen LogP) is 2.01. The summed E-state index contributed by atoms with van der Waals surface area (Å²) in [5.74, 6) is 0.681. The van der Waals surface area contributed by atoms with Crippen LogP contribution in [0.25, 0.3) is 0 Å². The van der Waals surface area contributed by atoms with Crippen LogP contribution in [0.5, 0.6) is 0 Å². The lowest BCUT2D eigenvalue weighted by molar-refractivity contribution is -0.135. The molecule has 0 aromatic rings. The summed E-state index contributed by atoms with van der Waals surface area (Å²) < 4.78 is 0. The van der Waals surface area contributed by atoms with Gasteiger partial charge in [-0.2, -0.15) is 0 Å². The van der Waals surface area contributed by atoms with Crippen molar-refractivity contribution in [2.45, 2.75) is 52.5 Å². The predicted molar refractivity (Wildman–Crippen MR) is 64.6 cm³/mol. The molecule has 3 heteroatoms. The molecule has 0 spiro atoms. The van der Waals surface area contributed by atoms with Crippen molar-refractivity contribution in [3.63, 3.8) is 0 Å². The smallest absolute Gasteiger partial charge is 0.242 e. The molecular formula is C12H26N2O. The first-order valence-corrected chi connectivity index (χ1v) is 5.85. The lowest BCUT2D eigenvalue weighted by atomic mass is 9.95. The molecule has 1 unspecified atom stereocenters. The number of amides is 1. The molecular weight excluding hydrogens is 188 g/mol. The minimum absolute atomic E-state index is 0.0602. The number of carbonyl (C=O) groups is 1. The summed E-state index contributed by atoms with van der Waals surface area (Å²) in [5.41, 5.74) is 5.29. The molecule has 90 valence electrons. The van der Waals surface area contributed by atoms with Crippen molar-refractivity contribution in [3.05, 3.63) is 0 Å². The van der Waals surface area contributed by atoms with Gasteiger partial charge in [-0.25, -0.2) is 0 Å². The fourth-order valence-corrected chi connectivity index (χ4v) is 1.62. The molecule has 15 heavy (non-hydrogen) atoms. The van der Waals surface area contributed by atoms with Crippen molar-refractivity contribution in [1.82, 2.24) is 4.90 Å². The first-order chi connectivity index (χ1) is 6.81. The fourth-order valence-electron chi connectivity index (χ4n) is 1.62. The van der Waals surface area contributed by atoms with E-state index in [1.54, 1.807) is 4.90 Å². The molecule has 0 fully saturated rings. The number of carbonyl (C=O) groups excluding carboxylic acids is 1. The Labute approximate surface area is 94.0 Å². The Kier molecular flexibility index (Phi) is 5.88. The Bertz CT molecular complexity index is 200. The van der Waals surface area contributed by atoms with Gasteiger partial charge in [0.1, 0.15) is 0 Å². The van der Waals surface area contributed by atoms with Crippen molar-refractivity contribution in [2.24, 2.45) is 11.7 Å². The van der Waals surface area contributed by atoms with Crippen molar-refractivity contribution in [3.8, 4) is 0 Å². The third kappa shape index (κ3) is 5.17. The first-order valence-electron chi connectivity index (χ1n) is 5.85. The highest BCUT2D eigenvalue weighted by atomic mass is 16.2. The van der Waals surface area contributed by atoms with E-state index in [9.17, 15) is 4.79 Å². The van der Waals surface area contributed by atoms with Crippen LogP contribution in [-0.2, 0) is 4.79 Å². The Balaban J connectivity index is 4.18. The minimum atomic E-state index is -0.694. The summed E-state index contributed by atoms with van der Waals surface area (Å²) in [4.78, 5) is 13.7. The average Bonchev–Trinajstić information content (AvgIpc) is 2.12. The van der Waals surface area contributed by atoms with Crippen LogP contribution in [0.3, 0.4) is 0 Å². The highest BCUT2D eigenvalue weighted by Crippen LogP contribution is 2.12. The van der Waals surface area contributed by atoms with Gasteiger partial charge in [0.15, 0.2) is 0 Å². The Hall–Kier alpha value is -0.570. The first kappa shape index (κ1) is 14.4. The van der Waals surface area contributed by atoms with Crippen LogP contribution in [0.15, 0.2) is 0 Å². The third-order valence-electron chi connectivity index (χ3n) is 2.65. The molecule has 0 saturated carbocycles. The Morgan fingerprint density at radius 1 is 1.47 bits per heavy atom. The molecule has 0 radical (unpaired) electrons. The molecule has 0 rings (SSSR count). The van der Waals surface area contributed by atoms with E-state index >= 15 is 0 Å². The number of likely N-dealkylation sites (N-methyl/N-ethyl adjacent to an activating group) is 1. The monoisotopic (exact) mass is 214 g/mol. The molecule has 1 atom stereocenters. The van der Waals surface area contributed by atoms with Gasteiger partial charge in [0.05, 0.1) is 5.54 Å². The van der Waals surface area contributed by atoms with Crippen LogP contribution in [-0.4, -0.2) is 29.9 Å². The lowest BCUT2D eigenvalue weighted by Gasteiger charge is -2.29. The van der Waals surface area contributed by atoms with E-state index in [1.807, 2.05) is 20.9 Å². The lowest BCUT2D eigenvalue weighted by Crippen LogP contribution is -2.52. The van der Waals surface area contributed by atoms with Crippen LogP contribution >= 0.6 is 0 Å². The second kappa shape index (κ2) is 6.11. The normalized spacial score (nSPS) is 15.1. The van der Waals surface area contributed by atoms with E-state index in [4.69, 9.17) is 5.73 Å². The van der Waals surface area contributed by atoms with E-state index in [0.717, 1.165) is 25.8 Å². The molecule has 0 aromatic carbocycles. The van der Waals surface area contributed by atoms with Gasteiger partial charge in [0.2, 0.25) is 5.91 Å². The Morgan fingerprint density at radius 2 is 2.00 bits per heavy atom.